The molecule has 0 aliphatic heterocycles. The van der Waals surface area contributed by atoms with Gasteiger partial charge in [0.1, 0.15) is 5.82 Å². The summed E-state index contributed by atoms with van der Waals surface area (Å²) in [5.74, 6) is 0.300. The Hall–Kier alpha value is -2.86. The highest BCUT2D eigenvalue weighted by molar-refractivity contribution is 7.92. The van der Waals surface area contributed by atoms with E-state index in [4.69, 9.17) is 0 Å². The Morgan fingerprint density at radius 3 is 2.29 bits per heavy atom. The first-order valence-electron chi connectivity index (χ1n) is 9.42. The van der Waals surface area contributed by atoms with E-state index in [9.17, 15) is 8.42 Å². The molecule has 0 amide bonds. The minimum Gasteiger partial charge on any atom is -0.384 e. The molecule has 1 aromatic heterocycles. The first kappa shape index (κ1) is 19.9. The summed E-state index contributed by atoms with van der Waals surface area (Å²) in [6.07, 6.45) is 4.53. The number of hydrogen-bond acceptors (Lipinski definition) is 4. The molecular weight excluding hydrogens is 370 g/mol. The third kappa shape index (κ3) is 5.57. The summed E-state index contributed by atoms with van der Waals surface area (Å²) in [5.41, 5.74) is 3.28. The molecule has 1 heterocycles. The zero-order chi connectivity index (χ0) is 19.8. The van der Waals surface area contributed by atoms with Gasteiger partial charge in [-0.3, -0.25) is 4.72 Å². The minimum absolute atomic E-state index is 0.231. The Morgan fingerprint density at radius 2 is 1.64 bits per heavy atom. The van der Waals surface area contributed by atoms with E-state index in [-0.39, 0.29) is 4.90 Å². The lowest BCUT2D eigenvalue weighted by molar-refractivity contribution is 0.601. The van der Waals surface area contributed by atoms with Crippen molar-refractivity contribution >= 4 is 21.5 Å². The first-order chi connectivity index (χ1) is 13.6. The van der Waals surface area contributed by atoms with Crippen molar-refractivity contribution in [1.82, 2.24) is 4.98 Å². The van der Waals surface area contributed by atoms with Crippen LogP contribution in [0.4, 0.5) is 11.5 Å². The fourth-order valence-corrected chi connectivity index (χ4v) is 3.84. The predicted octanol–water partition coefficient (Wildman–Crippen LogP) is 4.49. The molecule has 0 unspecified atom stereocenters. The molecule has 0 aliphatic rings. The van der Waals surface area contributed by atoms with Crippen LogP contribution in [0.3, 0.4) is 0 Å². The zero-order valence-corrected chi connectivity index (χ0v) is 16.7. The third-order valence-electron chi connectivity index (χ3n) is 4.46. The van der Waals surface area contributed by atoms with Gasteiger partial charge in [-0.05, 0) is 54.7 Å². The number of anilines is 2. The Bertz CT molecular complexity index is 971. The maximum atomic E-state index is 12.5. The van der Waals surface area contributed by atoms with Crippen molar-refractivity contribution < 1.29 is 8.42 Å². The average molecular weight is 396 g/mol. The number of aryl methyl sites for hydroxylation is 2. The molecule has 0 radical (unpaired) electrons. The van der Waals surface area contributed by atoms with Gasteiger partial charge in [-0.25, -0.2) is 13.4 Å². The Morgan fingerprint density at radius 1 is 0.893 bits per heavy atom. The van der Waals surface area contributed by atoms with Crippen LogP contribution in [0.1, 0.15) is 24.5 Å². The SMILES string of the molecule is CCc1ccc(S(=O)(=O)Nc2ccc(NCCCc3ccccc3)cn2)cc1. The predicted molar refractivity (Wildman–Crippen MR) is 114 cm³/mol. The van der Waals surface area contributed by atoms with Crippen LogP contribution in [0.5, 0.6) is 0 Å². The van der Waals surface area contributed by atoms with Crippen molar-refractivity contribution in [3.63, 3.8) is 0 Å². The summed E-state index contributed by atoms with van der Waals surface area (Å²) in [6, 6.07) is 20.7. The maximum absolute atomic E-state index is 12.5. The highest BCUT2D eigenvalue weighted by atomic mass is 32.2. The fraction of sp³-hybridized carbons (Fsp3) is 0.227. The molecule has 146 valence electrons. The molecule has 28 heavy (non-hydrogen) atoms. The number of hydrogen-bond donors (Lipinski definition) is 2. The molecule has 3 rings (SSSR count). The highest BCUT2D eigenvalue weighted by Crippen LogP contribution is 2.17. The number of sulfonamides is 1. The smallest absolute Gasteiger partial charge is 0.263 e. The summed E-state index contributed by atoms with van der Waals surface area (Å²) in [4.78, 5) is 4.44. The van der Waals surface area contributed by atoms with Crippen LogP contribution < -0.4 is 10.0 Å². The lowest BCUT2D eigenvalue weighted by Crippen LogP contribution is -2.14. The number of aromatic nitrogens is 1. The molecule has 0 saturated heterocycles. The van der Waals surface area contributed by atoms with Crippen LogP contribution >= 0.6 is 0 Å². The van der Waals surface area contributed by atoms with Gasteiger partial charge in [0.25, 0.3) is 10.0 Å². The molecular formula is C22H25N3O2S. The van der Waals surface area contributed by atoms with Crippen molar-refractivity contribution in [2.75, 3.05) is 16.6 Å². The summed E-state index contributed by atoms with van der Waals surface area (Å²) in [7, 11) is -3.64. The van der Waals surface area contributed by atoms with Crippen molar-refractivity contribution in [3.8, 4) is 0 Å². The Balaban J connectivity index is 1.52. The Kier molecular flexibility index (Phi) is 6.66. The lowest BCUT2D eigenvalue weighted by Gasteiger charge is -2.10. The van der Waals surface area contributed by atoms with Crippen molar-refractivity contribution in [1.29, 1.82) is 0 Å². The average Bonchev–Trinajstić information content (AvgIpc) is 2.73. The van der Waals surface area contributed by atoms with Gasteiger partial charge in [-0.15, -0.1) is 0 Å². The lowest BCUT2D eigenvalue weighted by atomic mass is 10.1. The monoisotopic (exact) mass is 395 g/mol. The number of nitrogens with one attached hydrogen (secondary N) is 2. The van der Waals surface area contributed by atoms with Crippen LogP contribution in [0, 0.1) is 0 Å². The molecule has 0 aliphatic carbocycles. The quantitative estimate of drug-likeness (QED) is 0.524. The molecule has 0 fully saturated rings. The van der Waals surface area contributed by atoms with Crippen LogP contribution in [-0.4, -0.2) is 19.9 Å². The molecule has 2 aromatic carbocycles. The maximum Gasteiger partial charge on any atom is 0.263 e. The highest BCUT2D eigenvalue weighted by Gasteiger charge is 2.14. The van der Waals surface area contributed by atoms with Crippen LogP contribution in [0.25, 0.3) is 0 Å². The topological polar surface area (TPSA) is 71.1 Å². The van der Waals surface area contributed by atoms with Gasteiger partial charge < -0.3 is 5.32 Å². The Labute approximate surface area is 166 Å². The second-order valence-corrected chi connectivity index (χ2v) is 8.23. The van der Waals surface area contributed by atoms with Gasteiger partial charge in [0.2, 0.25) is 0 Å². The summed E-state index contributed by atoms with van der Waals surface area (Å²) >= 11 is 0. The van der Waals surface area contributed by atoms with E-state index < -0.39 is 10.0 Å². The van der Waals surface area contributed by atoms with Gasteiger partial charge in [0.15, 0.2) is 0 Å². The molecule has 0 saturated carbocycles. The molecule has 2 N–H and O–H groups in total. The van der Waals surface area contributed by atoms with Crippen molar-refractivity contribution in [2.45, 2.75) is 31.1 Å². The van der Waals surface area contributed by atoms with E-state index in [2.05, 4.69) is 27.2 Å². The normalized spacial score (nSPS) is 11.2. The third-order valence-corrected chi connectivity index (χ3v) is 5.83. The van der Waals surface area contributed by atoms with E-state index in [1.165, 1.54) is 5.56 Å². The molecule has 3 aromatic rings. The minimum atomic E-state index is -3.64. The van der Waals surface area contributed by atoms with Gasteiger partial charge in [0, 0.05) is 6.54 Å². The largest absolute Gasteiger partial charge is 0.384 e. The van der Waals surface area contributed by atoms with Gasteiger partial charge >= 0.3 is 0 Å². The van der Waals surface area contributed by atoms with Crippen LogP contribution in [0.2, 0.25) is 0 Å². The number of nitrogens with zero attached hydrogens (tertiary/aromatic N) is 1. The standard InChI is InChI=1S/C22H25N3O2S/c1-2-18-10-13-21(14-11-18)28(26,27)25-22-15-12-20(17-24-22)23-16-6-9-19-7-4-3-5-8-19/h3-5,7-8,10-15,17,23H,2,6,9,16H2,1H3,(H,24,25). The zero-order valence-electron chi connectivity index (χ0n) is 15.9. The molecule has 0 bridgehead atoms. The van der Waals surface area contributed by atoms with Gasteiger partial charge in [-0.2, -0.15) is 0 Å². The summed E-state index contributed by atoms with van der Waals surface area (Å²) < 4.78 is 27.5. The number of rotatable bonds is 9. The molecule has 0 spiro atoms. The van der Waals surface area contributed by atoms with Crippen molar-refractivity contribution in [2.24, 2.45) is 0 Å². The number of pyridine rings is 1. The van der Waals surface area contributed by atoms with Crippen molar-refractivity contribution in [3.05, 3.63) is 84.1 Å². The molecule has 5 nitrogen and oxygen atoms in total. The van der Waals surface area contributed by atoms with Crippen LogP contribution in [0.15, 0.2) is 77.8 Å². The summed E-state index contributed by atoms with van der Waals surface area (Å²) in [6.45, 7) is 2.86. The van der Waals surface area contributed by atoms with Gasteiger partial charge in [0.05, 0.1) is 16.8 Å². The van der Waals surface area contributed by atoms with E-state index in [0.717, 1.165) is 37.1 Å². The summed E-state index contributed by atoms with van der Waals surface area (Å²) in [5, 5.41) is 3.31. The van der Waals surface area contributed by atoms with Crippen LogP contribution in [-0.2, 0) is 22.9 Å². The second-order valence-electron chi connectivity index (χ2n) is 6.55. The fourth-order valence-electron chi connectivity index (χ4n) is 2.83. The molecule has 6 heteroatoms. The van der Waals surface area contributed by atoms with E-state index >= 15 is 0 Å². The molecule has 0 atom stereocenters. The first-order valence-corrected chi connectivity index (χ1v) is 10.9. The van der Waals surface area contributed by atoms with Gasteiger partial charge in [-0.1, -0.05) is 49.4 Å². The van der Waals surface area contributed by atoms with E-state index in [0.29, 0.717) is 5.82 Å². The second kappa shape index (κ2) is 9.37. The number of benzene rings is 2. The van der Waals surface area contributed by atoms with E-state index in [1.807, 2.05) is 43.3 Å². The van der Waals surface area contributed by atoms with E-state index in [1.54, 1.807) is 24.4 Å².